The molecule has 3 aromatic carbocycles. The van der Waals surface area contributed by atoms with Gasteiger partial charge in [-0.3, -0.25) is 0 Å². The minimum Gasteiger partial charge on any atom is -0.503 e. The number of para-hydroxylation sites is 2. The number of nitrogens with zero attached hydrogens (tertiary/aromatic N) is 3. The quantitative estimate of drug-likeness (QED) is 0.299. The minimum atomic E-state index is -0.151. The van der Waals surface area contributed by atoms with Gasteiger partial charge < -0.3 is 15.1 Å². The topological polar surface area (TPSA) is 69.5 Å². The Morgan fingerprint density at radius 2 is 1.06 bits per heavy atom. The molecule has 0 aliphatic heterocycles. The molecule has 0 saturated carbocycles. The van der Waals surface area contributed by atoms with Crippen LogP contribution in [0.25, 0.3) is 20.9 Å². The highest BCUT2D eigenvalue weighted by atomic mass is 32.1. The van der Waals surface area contributed by atoms with Gasteiger partial charge in [0.25, 0.3) is 0 Å². The van der Waals surface area contributed by atoms with Crippen LogP contribution < -0.4 is 4.90 Å². The number of anilines is 3. The van der Waals surface area contributed by atoms with Crippen LogP contribution in [0.2, 0.25) is 0 Å². The fourth-order valence-corrected chi connectivity index (χ4v) is 4.75. The highest BCUT2D eigenvalue weighted by molar-refractivity contribution is 7.19. The second-order valence-electron chi connectivity index (χ2n) is 7.53. The molecule has 0 saturated heterocycles. The summed E-state index contributed by atoms with van der Waals surface area (Å²) in [7, 11) is 0. The van der Waals surface area contributed by atoms with Crippen molar-refractivity contribution < 1.29 is 10.2 Å². The maximum atomic E-state index is 10.6. The van der Waals surface area contributed by atoms with Crippen LogP contribution in [-0.4, -0.2) is 20.2 Å². The van der Waals surface area contributed by atoms with Gasteiger partial charge in [0.2, 0.25) is 0 Å². The van der Waals surface area contributed by atoms with E-state index in [1.54, 1.807) is 19.3 Å². The first kappa shape index (κ1) is 20.7. The van der Waals surface area contributed by atoms with E-state index in [1.165, 1.54) is 11.3 Å². The molecular formula is C27H21N3O2S. The number of aromatic nitrogens is 2. The Morgan fingerprint density at radius 3 is 1.58 bits per heavy atom. The maximum absolute atomic E-state index is 10.6. The SMILES string of the molecule is Cc1ncc(-c2sc(-c3ccc(N(c4ccccc4)c4ccccc4)cc3)c(O)c2O)cn1. The van der Waals surface area contributed by atoms with E-state index in [4.69, 9.17) is 0 Å². The summed E-state index contributed by atoms with van der Waals surface area (Å²) < 4.78 is 0. The highest BCUT2D eigenvalue weighted by Gasteiger charge is 2.20. The number of rotatable bonds is 5. The van der Waals surface area contributed by atoms with E-state index in [9.17, 15) is 10.2 Å². The molecule has 2 N–H and O–H groups in total. The summed E-state index contributed by atoms with van der Waals surface area (Å²) in [6.45, 7) is 1.80. The van der Waals surface area contributed by atoms with Gasteiger partial charge in [0, 0.05) is 35.0 Å². The number of thiophene rings is 1. The number of hydrogen-bond donors (Lipinski definition) is 2. The Kier molecular flexibility index (Phi) is 5.50. The van der Waals surface area contributed by atoms with Crippen LogP contribution >= 0.6 is 11.3 Å². The van der Waals surface area contributed by atoms with Crippen molar-refractivity contribution in [2.75, 3.05) is 4.90 Å². The molecule has 0 aliphatic rings. The fraction of sp³-hybridized carbons (Fsp3) is 0.0370. The third-order valence-corrected chi connectivity index (χ3v) is 6.58. The number of benzene rings is 3. The Bertz CT molecular complexity index is 1330. The summed E-state index contributed by atoms with van der Waals surface area (Å²) >= 11 is 1.31. The first-order valence-electron chi connectivity index (χ1n) is 10.5. The molecule has 0 atom stereocenters. The molecule has 0 aliphatic carbocycles. The molecule has 33 heavy (non-hydrogen) atoms. The van der Waals surface area contributed by atoms with Crippen LogP contribution in [0.3, 0.4) is 0 Å². The standard InChI is InChI=1S/C27H21N3O2S/c1-18-28-16-20(17-29-18)27-25(32)24(31)26(33-27)19-12-14-23(15-13-19)30(21-8-4-2-5-9-21)22-10-6-3-7-11-22/h2-17,31-32H,1H3. The van der Waals surface area contributed by atoms with Gasteiger partial charge in [0.15, 0.2) is 11.5 Å². The monoisotopic (exact) mass is 451 g/mol. The molecule has 0 fully saturated rings. The second-order valence-corrected chi connectivity index (χ2v) is 8.55. The molecule has 162 valence electrons. The molecule has 6 heteroatoms. The van der Waals surface area contributed by atoms with Gasteiger partial charge in [-0.25, -0.2) is 9.97 Å². The van der Waals surface area contributed by atoms with Crippen LogP contribution in [0.1, 0.15) is 5.82 Å². The normalized spacial score (nSPS) is 10.8. The Morgan fingerprint density at radius 1 is 0.606 bits per heavy atom. The van der Waals surface area contributed by atoms with Gasteiger partial charge in [-0.15, -0.1) is 11.3 Å². The van der Waals surface area contributed by atoms with Crippen LogP contribution in [0.4, 0.5) is 17.1 Å². The number of aryl methyl sites for hydroxylation is 1. The third-order valence-electron chi connectivity index (χ3n) is 5.32. The van der Waals surface area contributed by atoms with Crippen molar-refractivity contribution in [2.24, 2.45) is 0 Å². The van der Waals surface area contributed by atoms with Crippen molar-refractivity contribution in [3.8, 4) is 32.4 Å². The summed E-state index contributed by atoms with van der Waals surface area (Å²) in [6.07, 6.45) is 3.30. The highest BCUT2D eigenvalue weighted by Crippen LogP contribution is 2.51. The first-order valence-corrected chi connectivity index (χ1v) is 11.3. The van der Waals surface area contributed by atoms with Gasteiger partial charge in [0.1, 0.15) is 5.82 Å². The molecule has 5 rings (SSSR count). The largest absolute Gasteiger partial charge is 0.503 e. The van der Waals surface area contributed by atoms with Crippen molar-refractivity contribution in [1.29, 1.82) is 0 Å². The lowest BCUT2D eigenvalue weighted by Crippen LogP contribution is -2.09. The van der Waals surface area contributed by atoms with Crippen LogP contribution in [-0.2, 0) is 0 Å². The number of aromatic hydroxyl groups is 2. The predicted molar refractivity (Wildman–Crippen MR) is 134 cm³/mol. The fourth-order valence-electron chi connectivity index (χ4n) is 3.68. The molecule has 0 spiro atoms. The Hall–Kier alpha value is -4.16. The van der Waals surface area contributed by atoms with Crippen LogP contribution in [0, 0.1) is 6.92 Å². The van der Waals surface area contributed by atoms with E-state index in [-0.39, 0.29) is 11.5 Å². The third kappa shape index (κ3) is 4.04. The number of hydrogen-bond acceptors (Lipinski definition) is 6. The summed E-state index contributed by atoms with van der Waals surface area (Å²) in [5.41, 5.74) is 4.57. The summed E-state index contributed by atoms with van der Waals surface area (Å²) in [5, 5.41) is 21.2. The zero-order chi connectivity index (χ0) is 22.8. The first-order chi connectivity index (χ1) is 16.1. The van der Waals surface area contributed by atoms with Crippen molar-refractivity contribution in [1.82, 2.24) is 9.97 Å². The zero-order valence-corrected chi connectivity index (χ0v) is 18.7. The van der Waals surface area contributed by atoms with Gasteiger partial charge in [0.05, 0.1) is 9.75 Å². The van der Waals surface area contributed by atoms with E-state index in [2.05, 4.69) is 39.1 Å². The van der Waals surface area contributed by atoms with Crippen LogP contribution in [0.15, 0.2) is 97.3 Å². The average Bonchev–Trinajstić information content (AvgIpc) is 3.16. The Labute approximate surface area is 195 Å². The average molecular weight is 452 g/mol. The lowest BCUT2D eigenvalue weighted by Gasteiger charge is -2.25. The molecule has 0 unspecified atom stereocenters. The molecule has 2 heterocycles. The van der Waals surface area contributed by atoms with Gasteiger partial charge >= 0.3 is 0 Å². The van der Waals surface area contributed by atoms with Crippen molar-refractivity contribution in [2.45, 2.75) is 6.92 Å². The second kappa shape index (κ2) is 8.76. The summed E-state index contributed by atoms with van der Waals surface area (Å²) in [5.74, 6) is 0.365. The summed E-state index contributed by atoms with van der Waals surface area (Å²) in [6, 6.07) is 28.3. The van der Waals surface area contributed by atoms with E-state index >= 15 is 0 Å². The van der Waals surface area contributed by atoms with Gasteiger partial charge in [-0.1, -0.05) is 48.5 Å². The smallest absolute Gasteiger partial charge is 0.177 e. The maximum Gasteiger partial charge on any atom is 0.177 e. The van der Waals surface area contributed by atoms with Crippen LogP contribution in [0.5, 0.6) is 11.5 Å². The minimum absolute atomic E-state index is 0.133. The molecule has 0 amide bonds. The van der Waals surface area contributed by atoms with E-state index in [1.807, 2.05) is 60.7 Å². The predicted octanol–water partition coefficient (Wildman–Crippen LogP) is 7.06. The molecule has 2 aromatic heterocycles. The molecule has 5 nitrogen and oxygen atoms in total. The molecule has 0 radical (unpaired) electrons. The molecular weight excluding hydrogens is 430 g/mol. The van der Waals surface area contributed by atoms with Gasteiger partial charge in [-0.2, -0.15) is 0 Å². The van der Waals surface area contributed by atoms with Crippen molar-refractivity contribution in [3.05, 3.63) is 103 Å². The van der Waals surface area contributed by atoms with Crippen molar-refractivity contribution >= 4 is 28.4 Å². The molecule has 0 bridgehead atoms. The van der Waals surface area contributed by atoms with E-state index in [0.29, 0.717) is 21.1 Å². The van der Waals surface area contributed by atoms with E-state index in [0.717, 1.165) is 22.6 Å². The lowest BCUT2D eigenvalue weighted by molar-refractivity contribution is 0.410. The molecule has 5 aromatic rings. The summed E-state index contributed by atoms with van der Waals surface area (Å²) in [4.78, 5) is 11.7. The van der Waals surface area contributed by atoms with Gasteiger partial charge in [-0.05, 0) is 48.9 Å². The van der Waals surface area contributed by atoms with Crippen molar-refractivity contribution in [3.63, 3.8) is 0 Å². The van der Waals surface area contributed by atoms with E-state index < -0.39 is 0 Å². The zero-order valence-electron chi connectivity index (χ0n) is 17.9. The Balaban J connectivity index is 1.53. The lowest BCUT2D eigenvalue weighted by atomic mass is 10.1.